The van der Waals surface area contributed by atoms with E-state index in [9.17, 15) is 0 Å². The van der Waals surface area contributed by atoms with Crippen molar-refractivity contribution in [1.82, 2.24) is 4.98 Å². The molecule has 0 saturated carbocycles. The molecule has 1 aromatic carbocycles. The van der Waals surface area contributed by atoms with Gasteiger partial charge in [-0.05, 0) is 59.0 Å². The Balaban J connectivity index is 1.55. The molecule has 4 aliphatic rings. The van der Waals surface area contributed by atoms with Crippen LogP contribution in [0.4, 0.5) is 0 Å². The first kappa shape index (κ1) is 30.5. The average molecular weight is 592 g/mol. The fraction of sp³-hybridized carbons (Fsp3) is 0.694. The molecule has 3 aliphatic heterocycles. The van der Waals surface area contributed by atoms with E-state index in [2.05, 4.69) is 92.7 Å². The molecule has 6 heteroatoms. The topological polar surface area (TPSA) is 49.8 Å². The quantitative estimate of drug-likeness (QED) is 0.326. The molecule has 1 aromatic heterocycles. The molecule has 2 aromatic rings. The van der Waals surface area contributed by atoms with Crippen molar-refractivity contribution < 1.29 is 18.6 Å². The predicted octanol–water partition coefficient (Wildman–Crippen LogP) is 8.65. The first-order chi connectivity index (χ1) is 19.6. The van der Waals surface area contributed by atoms with Gasteiger partial charge in [-0.25, -0.2) is 0 Å². The first-order valence-electron chi connectivity index (χ1n) is 16.2. The molecule has 0 bridgehead atoms. The van der Waals surface area contributed by atoms with Crippen molar-refractivity contribution in [3.63, 3.8) is 0 Å². The molecule has 0 radical (unpaired) electrons. The third-order valence-corrected chi connectivity index (χ3v) is 15.5. The molecule has 2 atom stereocenters. The third-order valence-electron chi connectivity index (χ3n) is 11.0. The van der Waals surface area contributed by atoms with Gasteiger partial charge in [0.2, 0.25) is 0 Å². The number of hydrogen-bond donors (Lipinski definition) is 0. The van der Waals surface area contributed by atoms with Gasteiger partial charge in [-0.3, -0.25) is 4.98 Å². The molecule has 230 valence electrons. The maximum absolute atomic E-state index is 7.38. The Kier molecular flexibility index (Phi) is 7.42. The highest BCUT2D eigenvalue weighted by molar-refractivity contribution is 6.74. The van der Waals surface area contributed by atoms with Gasteiger partial charge >= 0.3 is 0 Å². The van der Waals surface area contributed by atoms with Crippen LogP contribution in [0, 0.1) is 5.41 Å². The number of benzene rings is 1. The van der Waals surface area contributed by atoms with Crippen molar-refractivity contribution in [3.05, 3.63) is 63.5 Å². The van der Waals surface area contributed by atoms with Crippen molar-refractivity contribution in [2.45, 2.75) is 128 Å². The van der Waals surface area contributed by atoms with Crippen molar-refractivity contribution in [3.8, 4) is 0 Å². The monoisotopic (exact) mass is 591 g/mol. The SMILES string of the molecule is CC(C)c1nc2c(c3c1[C@@H](c1ccc(C4(C)COC4)cc1)OC31CCOCC1)[C@@H](O[Si](C)(C)C(C)(C)C)CC(C)(C)C2. The minimum absolute atomic E-state index is 0.0233. The van der Waals surface area contributed by atoms with Crippen LogP contribution < -0.4 is 0 Å². The van der Waals surface area contributed by atoms with Gasteiger partial charge in [0.25, 0.3) is 0 Å². The molecular weight excluding hydrogens is 538 g/mol. The highest BCUT2D eigenvalue weighted by Crippen LogP contribution is 2.59. The van der Waals surface area contributed by atoms with Gasteiger partial charge in [0.1, 0.15) is 6.10 Å². The molecule has 6 rings (SSSR count). The van der Waals surface area contributed by atoms with Gasteiger partial charge < -0.3 is 18.6 Å². The smallest absolute Gasteiger partial charge is 0.192 e. The number of nitrogens with zero attached hydrogens (tertiary/aromatic N) is 1. The summed E-state index contributed by atoms with van der Waals surface area (Å²) >= 11 is 0. The molecule has 1 aliphatic carbocycles. The molecule has 1 spiro atoms. The summed E-state index contributed by atoms with van der Waals surface area (Å²) in [6.07, 6.45) is 3.60. The van der Waals surface area contributed by atoms with Crippen LogP contribution in [0.25, 0.3) is 0 Å². The van der Waals surface area contributed by atoms with Crippen molar-refractivity contribution in [1.29, 1.82) is 0 Å². The number of fused-ring (bicyclic) bond motifs is 4. The lowest BCUT2D eigenvalue weighted by Crippen LogP contribution is -2.45. The van der Waals surface area contributed by atoms with Gasteiger partial charge in [-0.15, -0.1) is 0 Å². The second kappa shape index (κ2) is 10.2. The Labute approximate surface area is 255 Å². The second-order valence-electron chi connectivity index (χ2n) is 16.5. The molecule has 0 N–H and O–H groups in total. The zero-order valence-electron chi connectivity index (χ0n) is 27.8. The summed E-state index contributed by atoms with van der Waals surface area (Å²) < 4.78 is 26.3. The largest absolute Gasteiger partial charge is 0.410 e. The third kappa shape index (κ3) is 5.03. The molecular formula is C36H53NO4Si. The normalized spacial score (nSPS) is 26.2. The summed E-state index contributed by atoms with van der Waals surface area (Å²) in [5.74, 6) is 0.292. The number of rotatable bonds is 5. The second-order valence-corrected chi connectivity index (χ2v) is 21.2. The Morgan fingerprint density at radius 2 is 1.60 bits per heavy atom. The van der Waals surface area contributed by atoms with E-state index in [1.165, 1.54) is 39.2 Å². The highest BCUT2D eigenvalue weighted by atomic mass is 28.4. The molecule has 2 fully saturated rings. The van der Waals surface area contributed by atoms with Crippen molar-refractivity contribution >= 4 is 8.32 Å². The summed E-state index contributed by atoms with van der Waals surface area (Å²) in [4.78, 5) is 5.56. The Bertz CT molecular complexity index is 1330. The fourth-order valence-electron chi connectivity index (χ4n) is 7.41. The Morgan fingerprint density at radius 1 is 0.952 bits per heavy atom. The summed E-state index contributed by atoms with van der Waals surface area (Å²) in [5.41, 5.74) is 8.89. The van der Waals surface area contributed by atoms with E-state index < -0.39 is 8.32 Å². The maximum atomic E-state index is 7.38. The zero-order chi connectivity index (χ0) is 30.3. The molecule has 4 heterocycles. The standard InChI is InChI=1S/C36H53NO4Si/c1-23(2)31-29-30(28-26(37-31)19-34(6,7)20-27(28)41-42(9,10)33(3,4)5)36(15-17-38-18-16-36)40-32(29)24-11-13-25(14-12-24)35(8)21-39-22-35/h11-14,23,27,32H,15-22H2,1-10H3/t27-,32+/m0/s1. The van der Waals surface area contributed by atoms with Crippen LogP contribution in [-0.4, -0.2) is 39.7 Å². The van der Waals surface area contributed by atoms with Crippen molar-refractivity contribution in [2.24, 2.45) is 5.41 Å². The van der Waals surface area contributed by atoms with E-state index in [1.54, 1.807) is 0 Å². The summed E-state index contributed by atoms with van der Waals surface area (Å²) in [6.45, 7) is 26.5. The molecule has 5 nitrogen and oxygen atoms in total. The van der Waals surface area contributed by atoms with Crippen LogP contribution in [0.5, 0.6) is 0 Å². The van der Waals surface area contributed by atoms with Crippen LogP contribution in [0.3, 0.4) is 0 Å². The van der Waals surface area contributed by atoms with Crippen LogP contribution in [0.15, 0.2) is 24.3 Å². The highest BCUT2D eigenvalue weighted by Gasteiger charge is 2.53. The van der Waals surface area contributed by atoms with Crippen molar-refractivity contribution in [2.75, 3.05) is 26.4 Å². The van der Waals surface area contributed by atoms with Crippen LogP contribution in [0.2, 0.25) is 18.1 Å². The summed E-state index contributed by atoms with van der Waals surface area (Å²) in [7, 11) is -2.06. The molecule has 2 saturated heterocycles. The van der Waals surface area contributed by atoms with Gasteiger partial charge in [0, 0.05) is 54.0 Å². The number of pyridine rings is 1. The number of hydrogen-bond acceptors (Lipinski definition) is 5. The number of aromatic nitrogens is 1. The average Bonchev–Trinajstić information content (AvgIpc) is 3.19. The van der Waals surface area contributed by atoms with E-state index in [4.69, 9.17) is 23.6 Å². The van der Waals surface area contributed by atoms with E-state index >= 15 is 0 Å². The van der Waals surface area contributed by atoms with Crippen LogP contribution in [0.1, 0.15) is 132 Å². The maximum Gasteiger partial charge on any atom is 0.192 e. The lowest BCUT2D eigenvalue weighted by Gasteiger charge is -2.46. The minimum atomic E-state index is -2.06. The molecule has 0 unspecified atom stereocenters. The minimum Gasteiger partial charge on any atom is -0.410 e. The Morgan fingerprint density at radius 3 is 2.14 bits per heavy atom. The van der Waals surface area contributed by atoms with Gasteiger partial charge in [0.05, 0.1) is 24.9 Å². The summed E-state index contributed by atoms with van der Waals surface area (Å²) in [5, 5.41) is 0.127. The first-order valence-corrected chi connectivity index (χ1v) is 19.2. The summed E-state index contributed by atoms with van der Waals surface area (Å²) in [6, 6.07) is 9.18. The molecule has 0 amide bonds. The van der Waals surface area contributed by atoms with E-state index in [0.29, 0.717) is 5.92 Å². The van der Waals surface area contributed by atoms with Gasteiger partial charge in [-0.2, -0.15) is 0 Å². The fourth-order valence-corrected chi connectivity index (χ4v) is 8.67. The van der Waals surface area contributed by atoms with E-state index in [1.807, 2.05) is 0 Å². The lowest BCUT2D eigenvalue weighted by molar-refractivity contribution is -0.122. The number of ether oxygens (including phenoxy) is 3. The van der Waals surface area contributed by atoms with Crippen LogP contribution >= 0.6 is 0 Å². The van der Waals surface area contributed by atoms with E-state index in [-0.39, 0.29) is 33.7 Å². The molecule has 42 heavy (non-hydrogen) atoms. The lowest BCUT2D eigenvalue weighted by atomic mass is 9.70. The van der Waals surface area contributed by atoms with E-state index in [0.717, 1.165) is 52.1 Å². The van der Waals surface area contributed by atoms with Gasteiger partial charge in [-0.1, -0.05) is 79.7 Å². The predicted molar refractivity (Wildman–Crippen MR) is 171 cm³/mol. The van der Waals surface area contributed by atoms with Crippen LogP contribution in [-0.2, 0) is 36.1 Å². The Hall–Kier alpha value is -1.57. The van der Waals surface area contributed by atoms with Gasteiger partial charge in [0.15, 0.2) is 8.32 Å². The zero-order valence-corrected chi connectivity index (χ0v) is 28.8.